The Labute approximate surface area is 273 Å². The third-order valence-electron chi connectivity index (χ3n) is 8.40. The number of nitrogens with zero attached hydrogens (tertiary/aromatic N) is 6. The first-order valence-electron chi connectivity index (χ1n) is 14.9. The number of hydroxylamine groups is 4. The Bertz CT molecular complexity index is 1450. The summed E-state index contributed by atoms with van der Waals surface area (Å²) in [6, 6.07) is -4.45. The van der Waals surface area contributed by atoms with E-state index in [1.807, 2.05) is 0 Å². The number of rotatable bonds is 8. The Morgan fingerprint density at radius 1 is 0.708 bits per heavy atom. The molecule has 0 aliphatic carbocycles. The Hall–Kier alpha value is -3.88. The Morgan fingerprint density at radius 2 is 1.19 bits per heavy atom. The Balaban J connectivity index is 0.000000188. The van der Waals surface area contributed by atoms with Crippen molar-refractivity contribution in [1.82, 2.24) is 40.8 Å². The van der Waals surface area contributed by atoms with E-state index in [9.17, 15) is 45.6 Å². The maximum Gasteiger partial charge on any atom is 0.418 e. The molecule has 0 spiro atoms. The van der Waals surface area contributed by atoms with Crippen LogP contribution in [-0.2, 0) is 53.3 Å². The minimum Gasteiger partial charge on any atom is -0.370 e. The number of hydrogen-bond donors (Lipinski definition) is 4. The van der Waals surface area contributed by atoms with Gasteiger partial charge in [0.2, 0.25) is 5.91 Å². The van der Waals surface area contributed by atoms with Gasteiger partial charge in [-0.25, -0.2) is 14.6 Å². The maximum atomic E-state index is 12.4. The lowest BCUT2D eigenvalue weighted by Gasteiger charge is -2.33. The first-order chi connectivity index (χ1) is 22.5. The van der Waals surface area contributed by atoms with Crippen molar-refractivity contribution >= 4 is 56.5 Å². The second-order valence-corrected chi connectivity index (χ2v) is 13.6. The normalized spacial score (nSPS) is 27.6. The quantitative estimate of drug-likeness (QED) is 0.180. The van der Waals surface area contributed by atoms with Crippen LogP contribution in [0.5, 0.6) is 0 Å². The predicted octanol–water partition coefficient (Wildman–Crippen LogP) is -3.09. The number of hydrogen-bond acceptors (Lipinski definition) is 13. The molecule has 0 aromatic heterocycles. The van der Waals surface area contributed by atoms with E-state index in [0.29, 0.717) is 42.4 Å². The maximum absolute atomic E-state index is 12.4. The molecular formula is C23H34N8O15S2. The van der Waals surface area contributed by atoms with Gasteiger partial charge in [0.05, 0.1) is 25.2 Å². The van der Waals surface area contributed by atoms with Crippen LogP contribution in [-0.4, -0.2) is 155 Å². The van der Waals surface area contributed by atoms with Crippen LogP contribution in [0.1, 0.15) is 44.9 Å². The SMILES string of the molecule is O=C(NN1CCCCC1=O)[C@@H]1CC[C@@H]2CN1C(=O)N2OS(=O)(=O)O.O=C(NN1CCOCC1=O)[C@@H]1CC[C@@H]2CN1C(=O)N2OS(=O)(=O)O. The molecule has 8 amide bonds. The van der Waals surface area contributed by atoms with Crippen LogP contribution >= 0.6 is 0 Å². The second-order valence-electron chi connectivity index (χ2n) is 11.6. The molecule has 6 heterocycles. The average molecular weight is 727 g/mol. The van der Waals surface area contributed by atoms with Gasteiger partial charge < -0.3 is 14.5 Å². The van der Waals surface area contributed by atoms with Gasteiger partial charge in [-0.05, 0) is 38.5 Å². The van der Waals surface area contributed by atoms with Gasteiger partial charge in [0, 0.05) is 26.1 Å². The van der Waals surface area contributed by atoms with Gasteiger partial charge in [0.1, 0.15) is 18.7 Å². The summed E-state index contributed by atoms with van der Waals surface area (Å²) in [5, 5.41) is 3.52. The van der Waals surface area contributed by atoms with Crippen molar-refractivity contribution in [2.45, 2.75) is 69.1 Å². The Morgan fingerprint density at radius 3 is 1.62 bits per heavy atom. The fourth-order valence-electron chi connectivity index (χ4n) is 6.18. The standard InChI is InChI=1S/C12H18N4O7S.C11H16N4O8S/c17-10-3-1-2-6-15(10)13-11(18)9-5-4-8-7-14(9)12(19)16(8)23-24(20,21)22;16-9-6-22-4-3-14(9)12-10(17)8-2-1-7-5-13(8)11(18)15(7)23-24(19,20)21/h8-9H,1-7H2,(H,13,18)(H,20,21,22);7-8H,1-6H2,(H,12,17)(H,19,20,21)/t8-,9+;7-,8+/m11/s1. The van der Waals surface area contributed by atoms with E-state index in [2.05, 4.69) is 19.4 Å². The topological polar surface area (TPSA) is 282 Å². The number of urea groups is 2. The van der Waals surface area contributed by atoms with E-state index < -0.39 is 74.7 Å². The summed E-state index contributed by atoms with van der Waals surface area (Å²) in [7, 11) is -9.66. The van der Waals surface area contributed by atoms with Gasteiger partial charge in [0.25, 0.3) is 17.7 Å². The molecule has 6 rings (SSSR count). The van der Waals surface area contributed by atoms with Gasteiger partial charge in [-0.1, -0.05) is 0 Å². The summed E-state index contributed by atoms with van der Waals surface area (Å²) in [5.41, 5.74) is 4.98. The lowest BCUT2D eigenvalue weighted by atomic mass is 10.0. The number of amides is 8. The highest BCUT2D eigenvalue weighted by Crippen LogP contribution is 2.32. The highest BCUT2D eigenvalue weighted by atomic mass is 32.3. The zero-order chi connectivity index (χ0) is 35.0. The summed E-state index contributed by atoms with van der Waals surface area (Å²) < 4.78 is 74.3. The minimum absolute atomic E-state index is 0.0868. The number of nitrogens with one attached hydrogen (secondary N) is 2. The third kappa shape index (κ3) is 8.04. The van der Waals surface area contributed by atoms with E-state index >= 15 is 0 Å². The fourth-order valence-corrected chi connectivity index (χ4v) is 6.96. The van der Waals surface area contributed by atoms with Crippen molar-refractivity contribution in [2.75, 3.05) is 39.4 Å². The number of piperidine rings is 3. The smallest absolute Gasteiger partial charge is 0.370 e. The summed E-state index contributed by atoms with van der Waals surface area (Å²) in [4.78, 5) is 74.9. The highest BCUT2D eigenvalue weighted by molar-refractivity contribution is 7.81. The molecule has 0 unspecified atom stereocenters. The van der Waals surface area contributed by atoms with Crippen molar-refractivity contribution < 1.29 is 68.0 Å². The van der Waals surface area contributed by atoms with Gasteiger partial charge in [-0.2, -0.15) is 27.0 Å². The molecular weight excluding hydrogens is 692 g/mol. The van der Waals surface area contributed by atoms with Gasteiger partial charge in [-0.3, -0.25) is 44.1 Å². The molecule has 4 atom stereocenters. The molecule has 0 saturated carbocycles. The monoisotopic (exact) mass is 726 g/mol. The molecule has 48 heavy (non-hydrogen) atoms. The Kier molecular flexibility index (Phi) is 10.3. The largest absolute Gasteiger partial charge is 0.418 e. The molecule has 6 aliphatic heterocycles. The van der Waals surface area contributed by atoms with Crippen LogP contribution in [0.25, 0.3) is 0 Å². The molecule has 0 radical (unpaired) electrons. The van der Waals surface area contributed by atoms with Gasteiger partial charge in [-0.15, -0.1) is 8.57 Å². The lowest BCUT2D eigenvalue weighted by Crippen LogP contribution is -2.58. The second kappa shape index (κ2) is 13.9. The first kappa shape index (κ1) is 35.4. The van der Waals surface area contributed by atoms with E-state index in [-0.39, 0.29) is 45.2 Å². The molecule has 23 nitrogen and oxygen atoms in total. The van der Waals surface area contributed by atoms with Gasteiger partial charge in [0.15, 0.2) is 0 Å². The lowest BCUT2D eigenvalue weighted by molar-refractivity contribution is -0.153. The molecule has 0 aromatic carbocycles. The van der Waals surface area contributed by atoms with E-state index in [0.717, 1.165) is 22.8 Å². The molecule has 4 N–H and O–H groups in total. The van der Waals surface area contributed by atoms with Crippen LogP contribution in [0.3, 0.4) is 0 Å². The molecule has 268 valence electrons. The number of carbonyl (C=O) groups excluding carboxylic acids is 6. The molecule has 6 saturated heterocycles. The minimum atomic E-state index is -4.84. The summed E-state index contributed by atoms with van der Waals surface area (Å²) in [6.45, 7) is 0.977. The van der Waals surface area contributed by atoms with Crippen molar-refractivity contribution in [1.29, 1.82) is 0 Å². The van der Waals surface area contributed by atoms with E-state index in [1.54, 1.807) is 0 Å². The number of carbonyl (C=O) groups is 6. The first-order valence-corrected chi connectivity index (χ1v) is 17.6. The van der Waals surface area contributed by atoms with E-state index in [4.69, 9.17) is 13.8 Å². The highest BCUT2D eigenvalue weighted by Gasteiger charge is 2.51. The van der Waals surface area contributed by atoms with E-state index in [1.165, 1.54) is 9.91 Å². The molecule has 6 fully saturated rings. The van der Waals surface area contributed by atoms with Crippen molar-refractivity contribution in [2.24, 2.45) is 0 Å². The summed E-state index contributed by atoms with van der Waals surface area (Å²) >= 11 is 0. The number of hydrazine groups is 2. The molecule has 4 bridgehead atoms. The van der Waals surface area contributed by atoms with Crippen LogP contribution in [0.4, 0.5) is 9.59 Å². The predicted molar refractivity (Wildman–Crippen MR) is 151 cm³/mol. The average Bonchev–Trinajstić information content (AvgIpc) is 3.38. The fraction of sp³-hybridized carbons (Fsp3) is 0.739. The third-order valence-corrected chi connectivity index (χ3v) is 9.10. The zero-order valence-corrected chi connectivity index (χ0v) is 26.8. The van der Waals surface area contributed by atoms with Crippen LogP contribution in [0.15, 0.2) is 0 Å². The number of morpholine rings is 1. The van der Waals surface area contributed by atoms with Crippen LogP contribution < -0.4 is 10.9 Å². The number of fused-ring (bicyclic) bond motifs is 4. The number of ether oxygens (including phenoxy) is 1. The summed E-state index contributed by atoms with van der Waals surface area (Å²) in [6.07, 6.45) is 3.16. The van der Waals surface area contributed by atoms with Crippen LogP contribution in [0, 0.1) is 0 Å². The van der Waals surface area contributed by atoms with Gasteiger partial charge >= 0.3 is 32.9 Å². The molecule has 25 heteroatoms. The van der Waals surface area contributed by atoms with Crippen molar-refractivity contribution in [3.8, 4) is 0 Å². The van der Waals surface area contributed by atoms with Crippen molar-refractivity contribution in [3.05, 3.63) is 0 Å². The summed E-state index contributed by atoms with van der Waals surface area (Å²) in [5.74, 6) is -1.61. The van der Waals surface area contributed by atoms with Crippen molar-refractivity contribution in [3.63, 3.8) is 0 Å². The molecule has 6 aliphatic rings. The molecule has 0 aromatic rings. The zero-order valence-electron chi connectivity index (χ0n) is 25.2. The van der Waals surface area contributed by atoms with Crippen LogP contribution in [0.2, 0.25) is 0 Å².